The molecule has 0 saturated heterocycles. The molecule has 7 heteroatoms. The fourth-order valence-electron chi connectivity index (χ4n) is 1.63. The topological polar surface area (TPSA) is 43.8 Å². The third-order valence-electron chi connectivity index (χ3n) is 2.64. The van der Waals surface area contributed by atoms with Gasteiger partial charge >= 0.3 is 6.18 Å². The van der Waals surface area contributed by atoms with E-state index in [2.05, 4.69) is 5.10 Å². The molecule has 102 valence electrons. The summed E-state index contributed by atoms with van der Waals surface area (Å²) < 4.78 is 51.0. The van der Waals surface area contributed by atoms with E-state index in [1.165, 1.54) is 24.3 Å². The number of rotatable bonds is 3. The largest absolute Gasteiger partial charge is 0.419 e. The molecule has 1 aromatic heterocycles. The molecule has 0 aliphatic carbocycles. The second kappa shape index (κ2) is 5.00. The highest BCUT2D eigenvalue weighted by Crippen LogP contribution is 2.28. The lowest BCUT2D eigenvalue weighted by Crippen LogP contribution is -2.18. The van der Waals surface area contributed by atoms with Crippen molar-refractivity contribution in [3.05, 3.63) is 53.6 Å². The van der Waals surface area contributed by atoms with Crippen molar-refractivity contribution in [2.75, 3.05) is 0 Å². The highest BCUT2D eigenvalue weighted by Gasteiger charge is 2.32. The summed E-state index contributed by atoms with van der Waals surface area (Å²) in [5, 5.41) is 3.61. The minimum Gasteiger partial charge on any atom is -0.322 e. The average molecular weight is 273 g/mol. The van der Waals surface area contributed by atoms with Crippen molar-refractivity contribution in [2.24, 2.45) is 5.73 Å². The standard InChI is InChI=1S/C12H11F4N3/c13-10-3-1-8(2-4-10)11(17)7-19-6-9(5-18-19)12(14,15)16/h1-6,11H,7,17H2. The van der Waals surface area contributed by atoms with Gasteiger partial charge in [0.1, 0.15) is 5.82 Å². The van der Waals surface area contributed by atoms with Crippen molar-refractivity contribution in [3.8, 4) is 0 Å². The third-order valence-corrected chi connectivity index (χ3v) is 2.64. The molecule has 0 spiro atoms. The maximum Gasteiger partial charge on any atom is 0.419 e. The summed E-state index contributed by atoms with van der Waals surface area (Å²) in [5.74, 6) is -0.394. The normalized spacial score (nSPS) is 13.5. The predicted molar refractivity (Wildman–Crippen MR) is 60.6 cm³/mol. The number of halogens is 4. The minimum atomic E-state index is -4.42. The molecule has 2 rings (SSSR count). The van der Waals surface area contributed by atoms with Gasteiger partial charge in [-0.1, -0.05) is 12.1 Å². The van der Waals surface area contributed by atoms with Gasteiger partial charge in [0, 0.05) is 12.2 Å². The summed E-state index contributed by atoms with van der Waals surface area (Å²) in [7, 11) is 0. The van der Waals surface area contributed by atoms with Gasteiger partial charge in [-0.3, -0.25) is 4.68 Å². The van der Waals surface area contributed by atoms with Crippen LogP contribution in [0.1, 0.15) is 17.2 Å². The molecular formula is C12H11F4N3. The Morgan fingerprint density at radius 1 is 1.21 bits per heavy atom. The molecule has 0 radical (unpaired) electrons. The van der Waals surface area contributed by atoms with E-state index in [4.69, 9.17) is 5.73 Å². The van der Waals surface area contributed by atoms with Crippen molar-refractivity contribution in [3.63, 3.8) is 0 Å². The second-order valence-corrected chi connectivity index (χ2v) is 4.11. The van der Waals surface area contributed by atoms with Gasteiger partial charge in [-0.2, -0.15) is 18.3 Å². The fourth-order valence-corrected chi connectivity index (χ4v) is 1.63. The van der Waals surface area contributed by atoms with Gasteiger partial charge < -0.3 is 5.73 Å². The first-order chi connectivity index (χ1) is 8.86. The number of nitrogens with zero attached hydrogens (tertiary/aromatic N) is 2. The van der Waals surface area contributed by atoms with E-state index in [0.717, 1.165) is 17.1 Å². The van der Waals surface area contributed by atoms with Crippen LogP contribution in [-0.4, -0.2) is 9.78 Å². The summed E-state index contributed by atoms with van der Waals surface area (Å²) >= 11 is 0. The Bertz CT molecular complexity index is 545. The fraction of sp³-hybridized carbons (Fsp3) is 0.250. The molecule has 0 bridgehead atoms. The zero-order chi connectivity index (χ0) is 14.0. The Balaban J connectivity index is 2.08. The van der Waals surface area contributed by atoms with Crippen LogP contribution in [0.3, 0.4) is 0 Å². The number of alkyl halides is 3. The van der Waals surface area contributed by atoms with E-state index in [9.17, 15) is 17.6 Å². The Kier molecular flexibility index (Phi) is 3.57. The van der Waals surface area contributed by atoms with Gasteiger partial charge in [0.25, 0.3) is 0 Å². The maximum atomic E-state index is 12.7. The van der Waals surface area contributed by atoms with Gasteiger partial charge in [0.15, 0.2) is 0 Å². The average Bonchev–Trinajstić information content (AvgIpc) is 2.78. The lowest BCUT2D eigenvalue weighted by Gasteiger charge is -2.12. The maximum absolute atomic E-state index is 12.7. The van der Waals surface area contributed by atoms with Crippen LogP contribution in [0.2, 0.25) is 0 Å². The Labute approximate surface area is 106 Å². The van der Waals surface area contributed by atoms with Gasteiger partial charge in [-0.25, -0.2) is 4.39 Å². The van der Waals surface area contributed by atoms with E-state index in [1.807, 2.05) is 0 Å². The van der Waals surface area contributed by atoms with Crippen LogP contribution >= 0.6 is 0 Å². The molecule has 2 N–H and O–H groups in total. The first-order valence-electron chi connectivity index (χ1n) is 5.47. The lowest BCUT2D eigenvalue weighted by atomic mass is 10.1. The number of nitrogens with two attached hydrogens (primary N) is 1. The van der Waals surface area contributed by atoms with Crippen molar-refractivity contribution >= 4 is 0 Å². The zero-order valence-electron chi connectivity index (χ0n) is 9.73. The van der Waals surface area contributed by atoms with E-state index in [-0.39, 0.29) is 6.54 Å². The molecule has 0 saturated carbocycles. The molecule has 1 unspecified atom stereocenters. The van der Waals surface area contributed by atoms with Crippen molar-refractivity contribution < 1.29 is 17.6 Å². The van der Waals surface area contributed by atoms with Crippen molar-refractivity contribution in [1.82, 2.24) is 9.78 Å². The molecule has 2 aromatic rings. The summed E-state index contributed by atoms with van der Waals surface area (Å²) in [5.41, 5.74) is 5.64. The molecular weight excluding hydrogens is 262 g/mol. The molecule has 1 heterocycles. The van der Waals surface area contributed by atoms with Crippen LogP contribution in [0.25, 0.3) is 0 Å². The summed E-state index contributed by atoms with van der Waals surface area (Å²) in [4.78, 5) is 0. The van der Waals surface area contributed by atoms with Gasteiger partial charge in [0.2, 0.25) is 0 Å². The summed E-state index contributed by atoms with van der Waals surface area (Å²) in [6.07, 6.45) is -2.78. The minimum absolute atomic E-state index is 0.0850. The molecule has 0 aliphatic heterocycles. The zero-order valence-corrected chi connectivity index (χ0v) is 9.73. The molecule has 0 amide bonds. The molecule has 3 nitrogen and oxygen atoms in total. The monoisotopic (exact) mass is 273 g/mol. The molecule has 19 heavy (non-hydrogen) atoms. The summed E-state index contributed by atoms with van der Waals surface area (Å²) in [6, 6.07) is 4.93. The van der Waals surface area contributed by atoms with Gasteiger partial charge in [-0.15, -0.1) is 0 Å². The summed E-state index contributed by atoms with van der Waals surface area (Å²) in [6.45, 7) is 0.0850. The number of benzene rings is 1. The van der Waals surface area contributed by atoms with Crippen LogP contribution in [0.5, 0.6) is 0 Å². The van der Waals surface area contributed by atoms with E-state index in [1.54, 1.807) is 0 Å². The predicted octanol–water partition coefficient (Wildman–Crippen LogP) is 2.74. The van der Waals surface area contributed by atoms with Crippen LogP contribution in [0.4, 0.5) is 17.6 Å². The number of hydrogen-bond acceptors (Lipinski definition) is 2. The van der Waals surface area contributed by atoms with E-state index >= 15 is 0 Å². The van der Waals surface area contributed by atoms with Crippen molar-refractivity contribution in [2.45, 2.75) is 18.8 Å². The quantitative estimate of drug-likeness (QED) is 0.874. The van der Waals surface area contributed by atoms with Crippen LogP contribution < -0.4 is 5.73 Å². The first-order valence-corrected chi connectivity index (χ1v) is 5.47. The number of aromatic nitrogens is 2. The van der Waals surface area contributed by atoms with Gasteiger partial charge in [0.05, 0.1) is 18.3 Å². The molecule has 0 aliphatic rings. The van der Waals surface area contributed by atoms with Crippen molar-refractivity contribution in [1.29, 1.82) is 0 Å². The first kappa shape index (κ1) is 13.5. The Morgan fingerprint density at radius 3 is 2.37 bits per heavy atom. The van der Waals surface area contributed by atoms with Crippen LogP contribution in [0.15, 0.2) is 36.7 Å². The van der Waals surface area contributed by atoms with E-state index < -0.39 is 23.6 Å². The third kappa shape index (κ3) is 3.31. The van der Waals surface area contributed by atoms with E-state index in [0.29, 0.717) is 5.56 Å². The Hall–Kier alpha value is -1.89. The highest BCUT2D eigenvalue weighted by atomic mass is 19.4. The molecule has 1 aromatic carbocycles. The second-order valence-electron chi connectivity index (χ2n) is 4.11. The lowest BCUT2D eigenvalue weighted by molar-refractivity contribution is -0.137. The number of hydrogen-bond donors (Lipinski definition) is 1. The van der Waals surface area contributed by atoms with Crippen LogP contribution in [0, 0.1) is 5.82 Å². The smallest absolute Gasteiger partial charge is 0.322 e. The van der Waals surface area contributed by atoms with Gasteiger partial charge in [-0.05, 0) is 17.7 Å². The molecule has 1 atom stereocenters. The highest BCUT2D eigenvalue weighted by molar-refractivity contribution is 5.19. The van der Waals surface area contributed by atoms with Crippen LogP contribution in [-0.2, 0) is 12.7 Å². The Morgan fingerprint density at radius 2 is 1.84 bits per heavy atom. The molecule has 0 fully saturated rings. The SMILES string of the molecule is NC(Cn1cc(C(F)(F)F)cn1)c1ccc(F)cc1.